The van der Waals surface area contributed by atoms with Gasteiger partial charge in [-0.1, -0.05) is 12.1 Å². The molecule has 1 aliphatic rings. The molecule has 2 aromatic heterocycles. The van der Waals surface area contributed by atoms with Crippen LogP contribution in [0, 0.1) is 5.82 Å². The number of aryl methyl sites for hydroxylation is 1. The summed E-state index contributed by atoms with van der Waals surface area (Å²) < 4.78 is 89.5. The number of carbonyl (C=O) groups excluding carboxylic acids is 2. The van der Waals surface area contributed by atoms with Gasteiger partial charge in [0.2, 0.25) is 5.88 Å². The minimum Gasteiger partial charge on any atom is -0.439 e. The Morgan fingerprint density at radius 2 is 1.61 bits per heavy atom. The number of pyridine rings is 1. The molecule has 3 aromatic carbocycles. The van der Waals surface area contributed by atoms with E-state index in [4.69, 9.17) is 4.74 Å². The summed E-state index contributed by atoms with van der Waals surface area (Å²) in [6, 6.07) is 18.2. The van der Waals surface area contributed by atoms with Crippen molar-refractivity contribution in [2.75, 3.05) is 31.5 Å². The van der Waals surface area contributed by atoms with E-state index in [1.165, 1.54) is 30.5 Å². The molecule has 1 N–H and O–H groups in total. The zero-order valence-electron chi connectivity index (χ0n) is 26.8. The molecular formula is C35H30ClF6N5O4. The number of anilines is 1. The van der Waals surface area contributed by atoms with Gasteiger partial charge in [-0.3, -0.25) is 14.5 Å². The van der Waals surface area contributed by atoms with Crippen molar-refractivity contribution in [3.63, 3.8) is 0 Å². The first kappa shape index (κ1) is 37.0. The molecule has 0 unspecified atom stereocenters. The Balaban J connectivity index is 0.00000504. The van der Waals surface area contributed by atoms with Crippen LogP contribution in [0.2, 0.25) is 0 Å². The topological polar surface area (TPSA) is 88.9 Å². The van der Waals surface area contributed by atoms with Crippen LogP contribution in [-0.2, 0) is 19.8 Å². The number of fused-ring (bicyclic) bond motifs is 1. The fraction of sp³-hybridized carbons (Fsp3) is 0.229. The van der Waals surface area contributed by atoms with E-state index in [0.717, 1.165) is 22.5 Å². The number of carbonyl (C=O) groups is 2. The Hall–Kier alpha value is -5.28. The number of nitrogens with one attached hydrogen (secondary N) is 1. The second-order valence-corrected chi connectivity index (χ2v) is 11.5. The smallest absolute Gasteiger partial charge is 0.416 e. The lowest BCUT2D eigenvalue weighted by Crippen LogP contribution is -2.48. The van der Waals surface area contributed by atoms with Crippen LogP contribution >= 0.6 is 12.4 Å². The van der Waals surface area contributed by atoms with E-state index in [-0.39, 0.29) is 41.7 Å². The molecule has 9 nitrogen and oxygen atoms in total. The number of aromatic nitrogens is 2. The number of ether oxygens (including phenoxy) is 2. The van der Waals surface area contributed by atoms with Gasteiger partial charge in [0, 0.05) is 57.3 Å². The van der Waals surface area contributed by atoms with Crippen molar-refractivity contribution in [1.29, 1.82) is 0 Å². The third-order valence-electron chi connectivity index (χ3n) is 8.21. The van der Waals surface area contributed by atoms with Gasteiger partial charge in [0.25, 0.3) is 11.8 Å². The lowest BCUT2D eigenvalue weighted by molar-refractivity contribution is -0.137. The maximum absolute atomic E-state index is 14.2. The predicted octanol–water partition coefficient (Wildman–Crippen LogP) is 7.76. The molecule has 0 saturated carbocycles. The third kappa shape index (κ3) is 8.72. The molecule has 51 heavy (non-hydrogen) atoms. The highest BCUT2D eigenvalue weighted by molar-refractivity contribution is 6.04. The fourth-order valence-corrected chi connectivity index (χ4v) is 5.59. The van der Waals surface area contributed by atoms with Crippen LogP contribution in [0.4, 0.5) is 32.0 Å². The van der Waals surface area contributed by atoms with Crippen molar-refractivity contribution in [3.8, 4) is 17.4 Å². The Morgan fingerprint density at radius 1 is 0.902 bits per heavy atom. The molecule has 16 heteroatoms. The molecule has 268 valence electrons. The van der Waals surface area contributed by atoms with Gasteiger partial charge in [-0.15, -0.1) is 12.4 Å². The third-order valence-corrected chi connectivity index (χ3v) is 8.21. The summed E-state index contributed by atoms with van der Waals surface area (Å²) in [5.41, 5.74) is 0.602. The van der Waals surface area contributed by atoms with E-state index >= 15 is 0 Å². The van der Waals surface area contributed by atoms with Crippen LogP contribution in [0.25, 0.3) is 10.9 Å². The van der Waals surface area contributed by atoms with E-state index in [1.807, 2.05) is 12.1 Å². The molecule has 0 aliphatic carbocycles. The molecule has 2 amide bonds. The van der Waals surface area contributed by atoms with Crippen LogP contribution in [0.3, 0.4) is 0 Å². The maximum atomic E-state index is 14.2. The highest BCUT2D eigenvalue weighted by Crippen LogP contribution is 2.31. The Morgan fingerprint density at radius 3 is 2.24 bits per heavy atom. The summed E-state index contributed by atoms with van der Waals surface area (Å²) in [5.74, 6) is -1.67. The quantitative estimate of drug-likeness (QED) is 0.156. The largest absolute Gasteiger partial charge is 0.439 e. The van der Waals surface area contributed by atoms with Gasteiger partial charge in [0.1, 0.15) is 23.0 Å². The normalized spacial score (nSPS) is 13.6. The molecule has 0 bridgehead atoms. The number of piperazine rings is 1. The van der Waals surface area contributed by atoms with E-state index < -0.39 is 35.6 Å². The number of rotatable bonds is 9. The highest BCUT2D eigenvalue weighted by atomic mass is 35.5. The number of alkyl halides is 5. The zero-order chi connectivity index (χ0) is 35.6. The van der Waals surface area contributed by atoms with E-state index in [2.05, 4.69) is 19.9 Å². The van der Waals surface area contributed by atoms with Crippen molar-refractivity contribution in [2.24, 2.45) is 7.05 Å². The Bertz CT molecular complexity index is 2010. The van der Waals surface area contributed by atoms with Crippen LogP contribution in [0.1, 0.15) is 32.0 Å². The van der Waals surface area contributed by atoms with Gasteiger partial charge >= 0.3 is 12.8 Å². The lowest BCUT2D eigenvalue weighted by atomic mass is 10.1. The fourth-order valence-electron chi connectivity index (χ4n) is 5.59. The van der Waals surface area contributed by atoms with Gasteiger partial charge in [-0.05, 0) is 60.2 Å². The monoisotopic (exact) mass is 733 g/mol. The Labute approximate surface area is 293 Å². The molecule has 3 heterocycles. The van der Waals surface area contributed by atoms with Crippen molar-refractivity contribution in [1.82, 2.24) is 19.4 Å². The standard InChI is InChI=1S/C35H29F6N5O4.ClH/c1-44-29-18-26(49-31-11-6-24(19-42-31)43-32(47)27-10-5-23(17-28(27)36)35(39,40)41)9-4-22(29)16-30(44)33(48)46-14-12-45(13-15-46)20-21-2-7-25(8-3-21)50-34(37)38;/h2-11,16-19,34H,12-15,20H2,1H3,(H,43,47);1H. The van der Waals surface area contributed by atoms with Crippen molar-refractivity contribution in [2.45, 2.75) is 19.3 Å². The number of benzene rings is 3. The molecule has 5 aromatic rings. The average Bonchev–Trinajstić information content (AvgIpc) is 3.41. The molecule has 0 radical (unpaired) electrons. The van der Waals surface area contributed by atoms with E-state index in [1.54, 1.807) is 40.8 Å². The minimum absolute atomic E-state index is 0. The van der Waals surface area contributed by atoms with Gasteiger partial charge in [-0.2, -0.15) is 22.0 Å². The summed E-state index contributed by atoms with van der Waals surface area (Å²) in [6.45, 7) is 0.0582. The lowest BCUT2D eigenvalue weighted by Gasteiger charge is -2.34. The first-order valence-electron chi connectivity index (χ1n) is 15.3. The first-order valence-corrected chi connectivity index (χ1v) is 15.3. The molecule has 1 saturated heterocycles. The maximum Gasteiger partial charge on any atom is 0.416 e. The summed E-state index contributed by atoms with van der Waals surface area (Å²) >= 11 is 0. The molecule has 1 fully saturated rings. The van der Waals surface area contributed by atoms with Crippen molar-refractivity contribution in [3.05, 3.63) is 113 Å². The summed E-state index contributed by atoms with van der Waals surface area (Å²) in [6.07, 6.45) is -3.48. The number of halogens is 7. The van der Waals surface area contributed by atoms with Crippen molar-refractivity contribution >= 4 is 40.8 Å². The summed E-state index contributed by atoms with van der Waals surface area (Å²) in [4.78, 5) is 34.1. The molecule has 0 atom stereocenters. The van der Waals surface area contributed by atoms with E-state index in [0.29, 0.717) is 50.2 Å². The molecule has 0 spiro atoms. The van der Waals surface area contributed by atoms with Gasteiger partial charge in [-0.25, -0.2) is 9.37 Å². The summed E-state index contributed by atoms with van der Waals surface area (Å²) in [7, 11) is 1.78. The number of amides is 2. The second kappa shape index (κ2) is 15.3. The van der Waals surface area contributed by atoms with Crippen LogP contribution < -0.4 is 14.8 Å². The minimum atomic E-state index is -4.74. The predicted molar refractivity (Wildman–Crippen MR) is 178 cm³/mol. The average molecular weight is 734 g/mol. The zero-order valence-corrected chi connectivity index (χ0v) is 27.6. The van der Waals surface area contributed by atoms with Crippen molar-refractivity contribution < 1.29 is 45.4 Å². The van der Waals surface area contributed by atoms with E-state index in [9.17, 15) is 35.9 Å². The van der Waals surface area contributed by atoms with Gasteiger partial charge < -0.3 is 24.3 Å². The SMILES string of the molecule is Cl.Cn1c(C(=O)N2CCN(Cc3ccc(OC(F)F)cc3)CC2)cc2ccc(Oc3ccc(NC(=O)c4ccc(C(F)(F)F)cc4F)cn3)cc21. The first-order chi connectivity index (χ1) is 23.8. The van der Waals surface area contributed by atoms with Crippen LogP contribution in [0.5, 0.6) is 17.4 Å². The van der Waals surface area contributed by atoms with Crippen LogP contribution in [-0.4, -0.2) is 64.0 Å². The van der Waals surface area contributed by atoms with Gasteiger partial charge in [0.15, 0.2) is 0 Å². The van der Waals surface area contributed by atoms with Crippen LogP contribution in [0.15, 0.2) is 85.1 Å². The number of hydrogen-bond acceptors (Lipinski definition) is 6. The molecule has 6 rings (SSSR count). The number of hydrogen-bond donors (Lipinski definition) is 1. The summed E-state index contributed by atoms with van der Waals surface area (Å²) in [5, 5.41) is 3.22. The van der Waals surface area contributed by atoms with Gasteiger partial charge in [0.05, 0.1) is 28.5 Å². The molecular weight excluding hydrogens is 704 g/mol. The Kier molecular flexibility index (Phi) is 11.1. The second-order valence-electron chi connectivity index (χ2n) is 11.5. The number of nitrogens with zero attached hydrogens (tertiary/aromatic N) is 4. The molecule has 1 aliphatic heterocycles. The highest BCUT2D eigenvalue weighted by Gasteiger charge is 2.32.